The second kappa shape index (κ2) is 8.04. The molecular formula is C12H17N3O6S2. The van der Waals surface area contributed by atoms with E-state index in [1.165, 1.54) is 13.0 Å². The molecule has 1 aromatic rings. The minimum absolute atomic E-state index is 0.214. The van der Waals surface area contributed by atoms with Gasteiger partial charge in [-0.05, 0) is 25.5 Å². The van der Waals surface area contributed by atoms with Crippen LogP contribution in [0.15, 0.2) is 12.1 Å². The molecule has 0 saturated carbocycles. The summed E-state index contributed by atoms with van der Waals surface area (Å²) in [7, 11) is -3.26. The second-order valence-electron chi connectivity index (χ2n) is 4.58. The largest absolute Gasteiger partial charge is 0.448 e. The number of thiophene rings is 1. The molecule has 0 aromatic carbocycles. The van der Waals surface area contributed by atoms with E-state index < -0.39 is 34.0 Å². The summed E-state index contributed by atoms with van der Waals surface area (Å²) < 4.78 is 29.1. The number of sulfonamides is 1. The number of esters is 1. The Hall–Kier alpha value is -1.98. The van der Waals surface area contributed by atoms with Crippen molar-refractivity contribution in [1.29, 1.82) is 0 Å². The van der Waals surface area contributed by atoms with Crippen LogP contribution in [0.4, 0.5) is 4.79 Å². The van der Waals surface area contributed by atoms with E-state index in [0.717, 1.165) is 22.5 Å². The molecule has 3 amide bonds. The van der Waals surface area contributed by atoms with Crippen molar-refractivity contribution in [3.63, 3.8) is 0 Å². The van der Waals surface area contributed by atoms with Crippen molar-refractivity contribution >= 4 is 39.3 Å². The van der Waals surface area contributed by atoms with Gasteiger partial charge in [-0.1, -0.05) is 0 Å². The van der Waals surface area contributed by atoms with Gasteiger partial charge in [0.1, 0.15) is 4.88 Å². The molecule has 11 heteroatoms. The zero-order valence-electron chi connectivity index (χ0n) is 12.5. The van der Waals surface area contributed by atoms with E-state index in [1.807, 2.05) is 5.32 Å². The average Bonchev–Trinajstić information content (AvgIpc) is 2.85. The summed E-state index contributed by atoms with van der Waals surface area (Å²) in [6.07, 6.45) is 0.304. The van der Waals surface area contributed by atoms with E-state index in [-0.39, 0.29) is 11.4 Å². The number of urea groups is 1. The maximum absolute atomic E-state index is 11.9. The lowest BCUT2D eigenvalue weighted by molar-refractivity contribution is -0.127. The standard InChI is InChI=1S/C12H17N3O6S2/c1-7(10(16)15-12(13)18)21-11(17)9-4-3-8(22-9)5-6-14-23(2,19)20/h3-4,7,14H,5-6H2,1-2H3,(H3,13,15,16,18)/t7-/m0/s1. The fourth-order valence-electron chi connectivity index (χ4n) is 1.48. The molecule has 1 rings (SSSR count). The summed E-state index contributed by atoms with van der Waals surface area (Å²) in [6, 6.07) is 2.15. The number of carbonyl (C=O) groups excluding carboxylic acids is 3. The third-order valence-corrected chi connectivity index (χ3v) is 4.35. The van der Waals surface area contributed by atoms with Crippen LogP contribution in [0.1, 0.15) is 21.5 Å². The molecule has 0 aliphatic heterocycles. The van der Waals surface area contributed by atoms with Gasteiger partial charge in [0.15, 0.2) is 6.10 Å². The van der Waals surface area contributed by atoms with Crippen molar-refractivity contribution in [1.82, 2.24) is 10.0 Å². The Morgan fingerprint density at radius 3 is 2.57 bits per heavy atom. The Balaban J connectivity index is 2.54. The maximum atomic E-state index is 11.9. The highest BCUT2D eigenvalue weighted by molar-refractivity contribution is 7.88. The number of primary amides is 1. The minimum Gasteiger partial charge on any atom is -0.448 e. The Kier molecular flexibility index (Phi) is 6.66. The first kappa shape index (κ1) is 19.1. The summed E-state index contributed by atoms with van der Waals surface area (Å²) in [5.74, 6) is -1.54. The minimum atomic E-state index is -3.26. The van der Waals surface area contributed by atoms with Crippen molar-refractivity contribution in [3.05, 3.63) is 21.9 Å². The molecule has 0 aliphatic rings. The zero-order valence-corrected chi connectivity index (χ0v) is 14.1. The fraction of sp³-hybridized carbons (Fsp3) is 0.417. The SMILES string of the molecule is C[C@H](OC(=O)c1ccc(CCNS(C)(=O)=O)s1)C(=O)NC(N)=O. The van der Waals surface area contributed by atoms with Gasteiger partial charge in [-0.2, -0.15) is 0 Å². The first-order chi connectivity index (χ1) is 10.6. The first-order valence-electron chi connectivity index (χ1n) is 6.43. The molecule has 1 heterocycles. The van der Waals surface area contributed by atoms with Crippen LogP contribution in [-0.2, 0) is 26.0 Å². The van der Waals surface area contributed by atoms with E-state index >= 15 is 0 Å². The smallest absolute Gasteiger partial charge is 0.349 e. The Morgan fingerprint density at radius 1 is 1.35 bits per heavy atom. The molecule has 128 valence electrons. The van der Waals surface area contributed by atoms with E-state index in [0.29, 0.717) is 6.42 Å². The van der Waals surface area contributed by atoms with E-state index in [1.54, 1.807) is 6.07 Å². The van der Waals surface area contributed by atoms with Gasteiger partial charge in [0, 0.05) is 11.4 Å². The molecule has 0 fully saturated rings. The number of nitrogens with two attached hydrogens (primary N) is 1. The molecule has 0 radical (unpaired) electrons. The van der Waals surface area contributed by atoms with Crippen LogP contribution in [0.25, 0.3) is 0 Å². The topological polar surface area (TPSA) is 145 Å². The molecule has 0 saturated heterocycles. The first-order valence-corrected chi connectivity index (χ1v) is 9.14. The fourth-order valence-corrected chi connectivity index (χ4v) is 2.84. The highest BCUT2D eigenvalue weighted by Gasteiger charge is 2.21. The predicted octanol–water partition coefficient (Wildman–Crippen LogP) is -0.420. The van der Waals surface area contributed by atoms with Crippen molar-refractivity contribution in [3.8, 4) is 0 Å². The van der Waals surface area contributed by atoms with Crippen molar-refractivity contribution < 1.29 is 27.5 Å². The molecule has 23 heavy (non-hydrogen) atoms. The molecule has 4 N–H and O–H groups in total. The highest BCUT2D eigenvalue weighted by atomic mass is 32.2. The van der Waals surface area contributed by atoms with E-state index in [4.69, 9.17) is 10.5 Å². The molecule has 1 aromatic heterocycles. The van der Waals surface area contributed by atoms with E-state index in [9.17, 15) is 22.8 Å². The van der Waals surface area contributed by atoms with Gasteiger partial charge >= 0.3 is 12.0 Å². The second-order valence-corrected chi connectivity index (χ2v) is 7.58. The monoisotopic (exact) mass is 363 g/mol. The number of hydrogen-bond donors (Lipinski definition) is 3. The zero-order chi connectivity index (χ0) is 17.6. The third kappa shape index (κ3) is 7.21. The number of rotatable bonds is 7. The Morgan fingerprint density at radius 2 is 2.00 bits per heavy atom. The number of imide groups is 1. The third-order valence-electron chi connectivity index (χ3n) is 2.50. The summed E-state index contributed by atoms with van der Waals surface area (Å²) >= 11 is 1.13. The van der Waals surface area contributed by atoms with E-state index in [2.05, 4.69) is 4.72 Å². The van der Waals surface area contributed by atoms with Gasteiger partial charge in [-0.25, -0.2) is 22.7 Å². The normalized spacial score (nSPS) is 12.4. The van der Waals surface area contributed by atoms with Crippen molar-refractivity contribution in [2.45, 2.75) is 19.4 Å². The lowest BCUT2D eigenvalue weighted by atomic mass is 10.3. The van der Waals surface area contributed by atoms with Gasteiger partial charge in [-0.3, -0.25) is 10.1 Å². The molecule has 0 spiro atoms. The summed E-state index contributed by atoms with van der Waals surface area (Å²) in [5.41, 5.74) is 4.80. The van der Waals surface area contributed by atoms with Crippen molar-refractivity contribution in [2.24, 2.45) is 5.73 Å². The number of amides is 3. The molecule has 9 nitrogen and oxygen atoms in total. The molecule has 0 bridgehead atoms. The van der Waals surface area contributed by atoms with Crippen LogP contribution in [0.3, 0.4) is 0 Å². The van der Waals surface area contributed by atoms with Crippen LogP contribution in [-0.4, -0.2) is 45.2 Å². The predicted molar refractivity (Wildman–Crippen MR) is 83.5 cm³/mol. The summed E-state index contributed by atoms with van der Waals surface area (Å²) in [6.45, 7) is 1.52. The van der Waals surface area contributed by atoms with Gasteiger partial charge in [0.05, 0.1) is 6.26 Å². The highest BCUT2D eigenvalue weighted by Crippen LogP contribution is 2.18. The number of carbonyl (C=O) groups is 3. The van der Waals surface area contributed by atoms with Gasteiger partial charge in [0.25, 0.3) is 5.91 Å². The Labute approximate surface area is 137 Å². The summed E-state index contributed by atoms with van der Waals surface area (Å²) in [4.78, 5) is 34.9. The molecule has 1 atom stereocenters. The molecule has 0 aliphatic carbocycles. The van der Waals surface area contributed by atoms with Crippen LogP contribution in [0.5, 0.6) is 0 Å². The number of hydrogen-bond acceptors (Lipinski definition) is 7. The average molecular weight is 363 g/mol. The number of nitrogens with one attached hydrogen (secondary N) is 2. The van der Waals surface area contributed by atoms with Gasteiger partial charge in [0.2, 0.25) is 10.0 Å². The van der Waals surface area contributed by atoms with Crippen LogP contribution in [0.2, 0.25) is 0 Å². The van der Waals surface area contributed by atoms with Gasteiger partial charge in [-0.15, -0.1) is 11.3 Å². The maximum Gasteiger partial charge on any atom is 0.349 e. The molecule has 0 unspecified atom stereocenters. The molecular weight excluding hydrogens is 346 g/mol. The summed E-state index contributed by atoms with van der Waals surface area (Å²) in [5, 5.41) is 1.81. The Bertz CT molecular complexity index is 697. The van der Waals surface area contributed by atoms with Crippen LogP contribution in [0, 0.1) is 0 Å². The lowest BCUT2D eigenvalue weighted by Crippen LogP contribution is -2.42. The van der Waals surface area contributed by atoms with Crippen LogP contribution >= 0.6 is 11.3 Å². The quantitative estimate of drug-likeness (QED) is 0.561. The van der Waals surface area contributed by atoms with Gasteiger partial charge < -0.3 is 10.5 Å². The lowest BCUT2D eigenvalue weighted by Gasteiger charge is -2.10. The van der Waals surface area contributed by atoms with Crippen molar-refractivity contribution in [2.75, 3.05) is 12.8 Å². The van der Waals surface area contributed by atoms with Crippen LogP contribution < -0.4 is 15.8 Å². The number of ether oxygens (including phenoxy) is 1.